The van der Waals surface area contributed by atoms with Crippen molar-refractivity contribution in [2.75, 3.05) is 39.3 Å². The predicted molar refractivity (Wildman–Crippen MR) is 116 cm³/mol. The van der Waals surface area contributed by atoms with Gasteiger partial charge in [0.25, 0.3) is 0 Å². The molecule has 0 bridgehead atoms. The third-order valence-corrected chi connectivity index (χ3v) is 5.36. The van der Waals surface area contributed by atoms with Crippen molar-refractivity contribution < 1.29 is 4.79 Å². The zero-order valence-corrected chi connectivity index (χ0v) is 16.8. The van der Waals surface area contributed by atoms with Crippen molar-refractivity contribution in [1.29, 1.82) is 0 Å². The molecule has 3 rings (SSSR count). The quantitative estimate of drug-likeness (QED) is 0.768. The first-order valence-electron chi connectivity index (χ1n) is 10.2. The van der Waals surface area contributed by atoms with Crippen LogP contribution in [-0.4, -0.2) is 61.0 Å². The van der Waals surface area contributed by atoms with Gasteiger partial charge in [-0.25, -0.2) is 0 Å². The first-order chi connectivity index (χ1) is 13.7. The molecule has 28 heavy (non-hydrogen) atoms. The molecule has 1 amide bonds. The largest absolute Gasteiger partial charge is 0.354 e. The maximum absolute atomic E-state index is 12.5. The molecule has 0 spiro atoms. The Balaban J connectivity index is 1.35. The maximum Gasteiger partial charge on any atom is 0.237 e. The smallest absolute Gasteiger partial charge is 0.237 e. The Morgan fingerprint density at radius 2 is 1.64 bits per heavy atom. The minimum Gasteiger partial charge on any atom is -0.354 e. The zero-order chi connectivity index (χ0) is 19.6. The molecule has 1 aliphatic heterocycles. The van der Waals surface area contributed by atoms with Crippen LogP contribution in [-0.2, 0) is 11.2 Å². The SMILES string of the molecule is C[C@H](C(=O)NCCc1ccccc1)N1CCN(C/C=C/c2ccccc2)CC1. The molecule has 1 heterocycles. The van der Waals surface area contributed by atoms with Gasteiger partial charge in [0.05, 0.1) is 6.04 Å². The fraction of sp³-hybridized carbons (Fsp3) is 0.375. The summed E-state index contributed by atoms with van der Waals surface area (Å²) in [6, 6.07) is 20.6. The van der Waals surface area contributed by atoms with Crippen molar-refractivity contribution in [2.45, 2.75) is 19.4 Å². The summed E-state index contributed by atoms with van der Waals surface area (Å²) >= 11 is 0. The second-order valence-corrected chi connectivity index (χ2v) is 7.35. The number of benzene rings is 2. The van der Waals surface area contributed by atoms with Crippen LogP contribution in [0, 0.1) is 0 Å². The third kappa shape index (κ3) is 6.32. The van der Waals surface area contributed by atoms with Crippen molar-refractivity contribution in [3.8, 4) is 0 Å². The van der Waals surface area contributed by atoms with E-state index >= 15 is 0 Å². The van der Waals surface area contributed by atoms with Crippen LogP contribution < -0.4 is 5.32 Å². The fourth-order valence-corrected chi connectivity index (χ4v) is 3.52. The van der Waals surface area contributed by atoms with Crippen LogP contribution in [0.1, 0.15) is 18.1 Å². The minimum absolute atomic E-state index is 0.0715. The number of carbonyl (C=O) groups excluding carboxylic acids is 1. The maximum atomic E-state index is 12.5. The van der Waals surface area contributed by atoms with E-state index in [0.29, 0.717) is 6.54 Å². The highest BCUT2D eigenvalue weighted by molar-refractivity contribution is 5.81. The Bertz CT molecular complexity index is 737. The lowest BCUT2D eigenvalue weighted by Crippen LogP contribution is -2.54. The summed E-state index contributed by atoms with van der Waals surface area (Å²) in [6.07, 6.45) is 5.28. The summed E-state index contributed by atoms with van der Waals surface area (Å²) in [7, 11) is 0. The molecular weight excluding hydrogens is 346 g/mol. The molecule has 1 saturated heterocycles. The number of carbonyl (C=O) groups is 1. The highest BCUT2D eigenvalue weighted by atomic mass is 16.2. The molecule has 1 atom stereocenters. The Morgan fingerprint density at radius 3 is 2.32 bits per heavy atom. The van der Waals surface area contributed by atoms with Gasteiger partial charge in [-0.15, -0.1) is 0 Å². The molecule has 2 aromatic rings. The molecule has 4 nitrogen and oxygen atoms in total. The summed E-state index contributed by atoms with van der Waals surface area (Å²) in [6.45, 7) is 7.54. The van der Waals surface area contributed by atoms with E-state index in [1.54, 1.807) is 0 Å². The van der Waals surface area contributed by atoms with Crippen LogP contribution in [0.2, 0.25) is 0 Å². The van der Waals surface area contributed by atoms with Gasteiger partial charge in [-0.1, -0.05) is 72.8 Å². The molecule has 1 fully saturated rings. The average molecular weight is 378 g/mol. The van der Waals surface area contributed by atoms with Crippen LogP contribution in [0.25, 0.3) is 6.08 Å². The highest BCUT2D eigenvalue weighted by Crippen LogP contribution is 2.08. The predicted octanol–water partition coefficient (Wildman–Crippen LogP) is 3.06. The van der Waals surface area contributed by atoms with E-state index in [1.807, 2.05) is 31.2 Å². The van der Waals surface area contributed by atoms with E-state index in [9.17, 15) is 4.79 Å². The van der Waals surface area contributed by atoms with Crippen LogP contribution in [0.5, 0.6) is 0 Å². The normalized spacial score (nSPS) is 16.9. The molecule has 0 radical (unpaired) electrons. The van der Waals surface area contributed by atoms with Gasteiger partial charge in [-0.2, -0.15) is 0 Å². The number of nitrogens with zero attached hydrogens (tertiary/aromatic N) is 2. The van der Waals surface area contributed by atoms with Gasteiger partial charge in [0.1, 0.15) is 0 Å². The molecule has 1 aliphatic rings. The number of hydrogen-bond acceptors (Lipinski definition) is 3. The lowest BCUT2D eigenvalue weighted by molar-refractivity contribution is -0.126. The molecule has 0 unspecified atom stereocenters. The molecule has 0 aromatic heterocycles. The molecule has 2 aromatic carbocycles. The van der Waals surface area contributed by atoms with Gasteiger partial charge in [-0.05, 0) is 24.5 Å². The van der Waals surface area contributed by atoms with E-state index in [0.717, 1.165) is 39.1 Å². The molecule has 0 saturated carbocycles. The second-order valence-electron chi connectivity index (χ2n) is 7.35. The Morgan fingerprint density at radius 1 is 1.00 bits per heavy atom. The topological polar surface area (TPSA) is 35.6 Å². The van der Waals surface area contributed by atoms with E-state index in [1.165, 1.54) is 11.1 Å². The fourth-order valence-electron chi connectivity index (χ4n) is 3.52. The van der Waals surface area contributed by atoms with Crippen molar-refractivity contribution in [3.05, 3.63) is 77.9 Å². The number of hydrogen-bond donors (Lipinski definition) is 1. The first-order valence-corrected chi connectivity index (χ1v) is 10.2. The number of nitrogens with one attached hydrogen (secondary N) is 1. The minimum atomic E-state index is -0.0715. The van der Waals surface area contributed by atoms with Gasteiger partial charge in [0.2, 0.25) is 5.91 Å². The van der Waals surface area contributed by atoms with E-state index < -0.39 is 0 Å². The summed E-state index contributed by atoms with van der Waals surface area (Å²) in [5.41, 5.74) is 2.49. The number of piperazine rings is 1. The Hall–Kier alpha value is -2.43. The molecule has 4 heteroatoms. The number of rotatable bonds is 8. The highest BCUT2D eigenvalue weighted by Gasteiger charge is 2.24. The monoisotopic (exact) mass is 377 g/mol. The summed E-state index contributed by atoms with van der Waals surface area (Å²) < 4.78 is 0. The summed E-state index contributed by atoms with van der Waals surface area (Å²) in [4.78, 5) is 17.2. The van der Waals surface area contributed by atoms with E-state index in [2.05, 4.69) is 63.7 Å². The van der Waals surface area contributed by atoms with Crippen LogP contribution in [0.15, 0.2) is 66.7 Å². The third-order valence-electron chi connectivity index (χ3n) is 5.36. The van der Waals surface area contributed by atoms with Gasteiger partial charge in [0, 0.05) is 39.3 Å². The van der Waals surface area contributed by atoms with E-state index in [4.69, 9.17) is 0 Å². The molecule has 0 aliphatic carbocycles. The van der Waals surface area contributed by atoms with Crippen molar-refractivity contribution in [1.82, 2.24) is 15.1 Å². The number of amides is 1. The lowest BCUT2D eigenvalue weighted by Gasteiger charge is -2.37. The second kappa shape index (κ2) is 10.8. The molecule has 1 N–H and O–H groups in total. The van der Waals surface area contributed by atoms with Crippen molar-refractivity contribution in [2.24, 2.45) is 0 Å². The van der Waals surface area contributed by atoms with Crippen LogP contribution >= 0.6 is 0 Å². The Kier molecular flexibility index (Phi) is 7.82. The zero-order valence-electron chi connectivity index (χ0n) is 16.8. The van der Waals surface area contributed by atoms with Gasteiger partial charge >= 0.3 is 0 Å². The summed E-state index contributed by atoms with van der Waals surface area (Å²) in [5.74, 6) is 0.133. The van der Waals surface area contributed by atoms with E-state index in [-0.39, 0.29) is 11.9 Å². The van der Waals surface area contributed by atoms with Crippen LogP contribution in [0.3, 0.4) is 0 Å². The Labute approximate surface area is 168 Å². The van der Waals surface area contributed by atoms with Gasteiger partial charge in [-0.3, -0.25) is 14.6 Å². The average Bonchev–Trinajstić information content (AvgIpc) is 2.75. The lowest BCUT2D eigenvalue weighted by atomic mass is 10.1. The van der Waals surface area contributed by atoms with Crippen molar-refractivity contribution >= 4 is 12.0 Å². The van der Waals surface area contributed by atoms with Crippen LogP contribution in [0.4, 0.5) is 0 Å². The van der Waals surface area contributed by atoms with Gasteiger partial charge < -0.3 is 5.32 Å². The standard InChI is InChI=1S/C24H31N3O/c1-21(24(28)25-15-14-23-11-6-3-7-12-23)27-19-17-26(18-20-27)16-8-13-22-9-4-2-5-10-22/h2-13,21H,14-20H2,1H3,(H,25,28)/b13-8+/t21-/m1/s1. The van der Waals surface area contributed by atoms with Gasteiger partial charge in [0.15, 0.2) is 0 Å². The van der Waals surface area contributed by atoms with Crippen molar-refractivity contribution in [3.63, 3.8) is 0 Å². The molecular formula is C24H31N3O. The molecule has 148 valence electrons. The summed E-state index contributed by atoms with van der Waals surface area (Å²) in [5, 5.41) is 3.09. The first kappa shape index (κ1) is 20.3.